The second-order valence-corrected chi connectivity index (χ2v) is 6.52. The second kappa shape index (κ2) is 14.8. The number of nitrogens with one attached hydrogen (secondary N) is 4. The molecule has 0 spiro atoms. The number of esters is 1. The van der Waals surface area contributed by atoms with Gasteiger partial charge in [0.05, 0.1) is 7.11 Å². The third kappa shape index (κ3) is 12.6. The second-order valence-electron chi connectivity index (χ2n) is 6.52. The molecule has 9 nitrogen and oxygen atoms in total. The Morgan fingerprint density at radius 1 is 1.07 bits per heavy atom. The van der Waals surface area contributed by atoms with Gasteiger partial charge in [-0.15, -0.1) is 0 Å². The van der Waals surface area contributed by atoms with Gasteiger partial charge in [0.1, 0.15) is 12.1 Å². The predicted molar refractivity (Wildman–Crippen MR) is 104 cm³/mol. The summed E-state index contributed by atoms with van der Waals surface area (Å²) in [5, 5.41) is 15.1. The van der Waals surface area contributed by atoms with E-state index in [1.165, 1.54) is 14.0 Å². The van der Waals surface area contributed by atoms with Crippen LogP contribution >= 0.6 is 0 Å². The number of guanidine groups is 1. The third-order valence-electron chi connectivity index (χ3n) is 4.06. The Morgan fingerprint density at radius 3 is 2.33 bits per heavy atom. The lowest BCUT2D eigenvalue weighted by atomic mass is 10.1. The Hall–Kier alpha value is -2.32. The van der Waals surface area contributed by atoms with Crippen LogP contribution in [0.5, 0.6) is 0 Å². The number of nitrogens with two attached hydrogens (primary N) is 1. The maximum Gasteiger partial charge on any atom is 0.328 e. The minimum Gasteiger partial charge on any atom is -0.467 e. The van der Waals surface area contributed by atoms with Crippen molar-refractivity contribution in [2.45, 2.75) is 77.3 Å². The van der Waals surface area contributed by atoms with E-state index in [0.717, 1.165) is 32.1 Å². The van der Waals surface area contributed by atoms with E-state index >= 15 is 0 Å². The van der Waals surface area contributed by atoms with Crippen molar-refractivity contribution in [3.63, 3.8) is 0 Å². The van der Waals surface area contributed by atoms with Crippen molar-refractivity contribution >= 4 is 23.7 Å². The molecule has 0 fully saturated rings. The van der Waals surface area contributed by atoms with E-state index in [1.54, 1.807) is 0 Å². The fourth-order valence-electron chi connectivity index (χ4n) is 2.50. The van der Waals surface area contributed by atoms with Crippen molar-refractivity contribution < 1.29 is 19.1 Å². The van der Waals surface area contributed by atoms with E-state index in [0.29, 0.717) is 25.8 Å². The summed E-state index contributed by atoms with van der Waals surface area (Å²) >= 11 is 0. The average Bonchev–Trinajstić information content (AvgIpc) is 2.62. The van der Waals surface area contributed by atoms with Gasteiger partial charge in [0.2, 0.25) is 11.8 Å². The van der Waals surface area contributed by atoms with E-state index < -0.39 is 24.0 Å². The van der Waals surface area contributed by atoms with Gasteiger partial charge < -0.3 is 26.4 Å². The zero-order valence-electron chi connectivity index (χ0n) is 16.7. The fourth-order valence-corrected chi connectivity index (χ4v) is 2.50. The summed E-state index contributed by atoms with van der Waals surface area (Å²) in [6.07, 6.45) is 6.42. The van der Waals surface area contributed by atoms with Crippen LogP contribution in [0.1, 0.15) is 65.2 Å². The van der Waals surface area contributed by atoms with E-state index in [-0.39, 0.29) is 11.9 Å². The maximum absolute atomic E-state index is 12.4. The van der Waals surface area contributed by atoms with Crippen LogP contribution in [0.15, 0.2) is 0 Å². The van der Waals surface area contributed by atoms with Crippen molar-refractivity contribution in [1.29, 1.82) is 5.41 Å². The monoisotopic (exact) mass is 385 g/mol. The van der Waals surface area contributed by atoms with Crippen LogP contribution in [-0.2, 0) is 19.1 Å². The average molecular weight is 386 g/mol. The molecule has 0 aliphatic carbocycles. The van der Waals surface area contributed by atoms with Gasteiger partial charge in [-0.25, -0.2) is 4.79 Å². The number of carbonyl (C=O) groups excluding carboxylic acids is 3. The smallest absolute Gasteiger partial charge is 0.328 e. The molecular formula is C18H35N5O4. The van der Waals surface area contributed by atoms with Crippen molar-refractivity contribution in [2.24, 2.45) is 5.73 Å². The van der Waals surface area contributed by atoms with Crippen molar-refractivity contribution in [1.82, 2.24) is 16.0 Å². The number of hydrogen-bond acceptors (Lipinski definition) is 5. The third-order valence-corrected chi connectivity index (χ3v) is 4.06. The quantitative estimate of drug-likeness (QED) is 0.129. The first-order valence-electron chi connectivity index (χ1n) is 9.57. The highest BCUT2D eigenvalue weighted by molar-refractivity contribution is 5.90. The number of carbonyl (C=O) groups is 3. The Morgan fingerprint density at radius 2 is 1.74 bits per heavy atom. The van der Waals surface area contributed by atoms with Crippen LogP contribution in [0.25, 0.3) is 0 Å². The number of unbranched alkanes of at least 4 members (excludes halogenated alkanes) is 4. The Kier molecular flexibility index (Phi) is 13.5. The number of amides is 2. The predicted octanol–water partition coefficient (Wildman–Crippen LogP) is 0.773. The molecule has 27 heavy (non-hydrogen) atoms. The van der Waals surface area contributed by atoms with Crippen LogP contribution in [0.3, 0.4) is 0 Å². The molecule has 0 rings (SSSR count). The summed E-state index contributed by atoms with van der Waals surface area (Å²) in [5.41, 5.74) is 5.23. The van der Waals surface area contributed by atoms with Crippen LogP contribution in [-0.4, -0.2) is 49.5 Å². The van der Waals surface area contributed by atoms with E-state index in [9.17, 15) is 14.4 Å². The van der Waals surface area contributed by atoms with Gasteiger partial charge in [-0.2, -0.15) is 0 Å². The van der Waals surface area contributed by atoms with Gasteiger partial charge in [-0.1, -0.05) is 32.6 Å². The SMILES string of the molecule is CCCCCCCC(=O)N[C@H](CCCNC(=N)N)C(=O)N[C@@H](C)C(=O)OC. The fraction of sp³-hybridized carbons (Fsp3) is 0.778. The minimum atomic E-state index is -0.800. The van der Waals surface area contributed by atoms with Crippen molar-refractivity contribution in [2.75, 3.05) is 13.7 Å². The molecule has 0 bridgehead atoms. The van der Waals surface area contributed by atoms with Crippen molar-refractivity contribution in [3.05, 3.63) is 0 Å². The van der Waals surface area contributed by atoms with E-state index in [2.05, 4.69) is 27.6 Å². The molecule has 0 saturated carbocycles. The molecule has 0 aliphatic rings. The number of ether oxygens (including phenoxy) is 1. The standard InChI is InChI=1S/C18H35N5O4/c1-4-5-6-7-8-11-15(24)23-14(10-9-12-21-18(19)20)16(25)22-13(2)17(26)27-3/h13-14H,4-12H2,1-3H3,(H,22,25)(H,23,24)(H4,19,20,21)/t13-,14+/m0/s1. The lowest BCUT2D eigenvalue weighted by Crippen LogP contribution is -2.51. The highest BCUT2D eigenvalue weighted by Crippen LogP contribution is 2.06. The Bertz CT molecular complexity index is 484. The molecule has 0 radical (unpaired) electrons. The minimum absolute atomic E-state index is 0.147. The normalized spacial score (nSPS) is 12.6. The molecule has 6 N–H and O–H groups in total. The summed E-state index contributed by atoms with van der Waals surface area (Å²) < 4.78 is 4.60. The molecule has 0 unspecified atom stereocenters. The lowest BCUT2D eigenvalue weighted by molar-refractivity contribution is -0.144. The molecule has 0 aliphatic heterocycles. The van der Waals surface area contributed by atoms with Gasteiger partial charge in [-0.05, 0) is 26.2 Å². The summed E-state index contributed by atoms with van der Waals surface area (Å²) in [6, 6.07) is -1.56. The van der Waals surface area contributed by atoms with Crippen LogP contribution in [0.2, 0.25) is 0 Å². The first-order chi connectivity index (χ1) is 12.8. The molecule has 2 atom stereocenters. The van der Waals surface area contributed by atoms with Gasteiger partial charge in [0, 0.05) is 13.0 Å². The summed E-state index contributed by atoms with van der Waals surface area (Å²) in [5.74, 6) is -1.32. The Balaban J connectivity index is 4.57. The van der Waals surface area contributed by atoms with E-state index in [1.807, 2.05) is 0 Å². The van der Waals surface area contributed by atoms with Crippen LogP contribution < -0.4 is 21.7 Å². The van der Waals surface area contributed by atoms with Gasteiger partial charge >= 0.3 is 5.97 Å². The van der Waals surface area contributed by atoms with Crippen LogP contribution in [0, 0.1) is 5.41 Å². The highest BCUT2D eigenvalue weighted by atomic mass is 16.5. The molecule has 156 valence electrons. The van der Waals surface area contributed by atoms with Gasteiger partial charge in [0.15, 0.2) is 5.96 Å². The largest absolute Gasteiger partial charge is 0.467 e. The lowest BCUT2D eigenvalue weighted by Gasteiger charge is -2.20. The zero-order chi connectivity index (χ0) is 20.7. The summed E-state index contributed by atoms with van der Waals surface area (Å²) in [7, 11) is 1.25. The number of methoxy groups -OCH3 is 1. The highest BCUT2D eigenvalue weighted by Gasteiger charge is 2.24. The van der Waals surface area contributed by atoms with Gasteiger partial charge in [0.25, 0.3) is 0 Å². The molecule has 0 aromatic carbocycles. The first kappa shape index (κ1) is 24.7. The first-order valence-corrected chi connectivity index (χ1v) is 9.57. The zero-order valence-corrected chi connectivity index (χ0v) is 16.7. The molecule has 9 heteroatoms. The number of hydrogen-bond donors (Lipinski definition) is 5. The van der Waals surface area contributed by atoms with Crippen LogP contribution in [0.4, 0.5) is 0 Å². The topological polar surface area (TPSA) is 146 Å². The van der Waals surface area contributed by atoms with Gasteiger partial charge in [-0.3, -0.25) is 15.0 Å². The molecular weight excluding hydrogens is 350 g/mol. The maximum atomic E-state index is 12.4. The summed E-state index contributed by atoms with van der Waals surface area (Å²) in [4.78, 5) is 36.1. The summed E-state index contributed by atoms with van der Waals surface area (Å²) in [6.45, 7) is 4.07. The molecule has 0 saturated heterocycles. The van der Waals surface area contributed by atoms with E-state index in [4.69, 9.17) is 11.1 Å². The molecule has 0 aromatic rings. The number of rotatable bonds is 14. The Labute approximate surface area is 161 Å². The van der Waals surface area contributed by atoms with Crippen molar-refractivity contribution in [3.8, 4) is 0 Å². The molecule has 2 amide bonds. The molecule has 0 heterocycles. The molecule has 0 aromatic heterocycles.